The summed E-state index contributed by atoms with van der Waals surface area (Å²) >= 11 is 0. The fourth-order valence-corrected chi connectivity index (χ4v) is 4.51. The number of fused-ring (bicyclic) bond motifs is 2. The number of nitrogens with zero attached hydrogens (tertiary/aromatic N) is 4. The van der Waals surface area contributed by atoms with Gasteiger partial charge < -0.3 is 9.80 Å². The topological polar surface area (TPSA) is 32.3 Å². The summed E-state index contributed by atoms with van der Waals surface area (Å²) in [7, 11) is 2.25. The zero-order valence-electron chi connectivity index (χ0n) is 16.5. The Bertz CT molecular complexity index is 516. The van der Waals surface area contributed by atoms with Crippen LogP contribution in [0.5, 0.6) is 0 Å². The van der Waals surface area contributed by atoms with E-state index in [2.05, 4.69) is 41.7 Å². The fraction of sp³-hybridized carbons (Fsp3) is 0.810. The molecule has 1 aromatic rings. The van der Waals surface area contributed by atoms with Crippen molar-refractivity contribution in [1.29, 1.82) is 0 Å². The fourth-order valence-electron chi connectivity index (χ4n) is 4.51. The second kappa shape index (κ2) is 8.98. The van der Waals surface area contributed by atoms with E-state index in [1.54, 1.807) is 0 Å². The van der Waals surface area contributed by atoms with Crippen molar-refractivity contribution in [3.05, 3.63) is 18.1 Å². The zero-order chi connectivity index (χ0) is 17.6. The Morgan fingerprint density at radius 3 is 2.44 bits per heavy atom. The van der Waals surface area contributed by atoms with Gasteiger partial charge in [0.1, 0.15) is 11.6 Å². The van der Waals surface area contributed by atoms with Crippen LogP contribution >= 0.6 is 0 Å². The standard InChI is InChI=1S/C21H36N4/c1-17(2)9-7-5-4-6-8-10-20-22-14-13-21(23-20)25-18-11-12-19(25)16-24(3)15-18/h13-14,17-19H,4-12,15-16H2,1-3H3. The Kier molecular flexibility index (Phi) is 6.69. The minimum atomic E-state index is 0.646. The highest BCUT2D eigenvalue weighted by Gasteiger charge is 2.39. The Labute approximate surface area is 154 Å². The lowest BCUT2D eigenvalue weighted by Gasteiger charge is -2.40. The Morgan fingerprint density at radius 1 is 1.04 bits per heavy atom. The van der Waals surface area contributed by atoms with Crippen molar-refractivity contribution in [1.82, 2.24) is 14.9 Å². The second-order valence-electron chi connectivity index (χ2n) is 8.54. The van der Waals surface area contributed by atoms with E-state index in [0.717, 1.165) is 18.2 Å². The van der Waals surface area contributed by atoms with E-state index in [9.17, 15) is 0 Å². The third-order valence-electron chi connectivity index (χ3n) is 5.80. The summed E-state index contributed by atoms with van der Waals surface area (Å²) in [4.78, 5) is 14.5. The average molecular weight is 345 g/mol. The molecule has 0 aliphatic carbocycles. The van der Waals surface area contributed by atoms with Crippen LogP contribution in [0.1, 0.15) is 71.0 Å². The normalized spacial score (nSPS) is 23.6. The summed E-state index contributed by atoms with van der Waals surface area (Å²) in [5.74, 6) is 3.06. The van der Waals surface area contributed by atoms with E-state index in [-0.39, 0.29) is 0 Å². The van der Waals surface area contributed by atoms with Crippen molar-refractivity contribution in [2.75, 3.05) is 25.0 Å². The molecule has 0 N–H and O–H groups in total. The van der Waals surface area contributed by atoms with Gasteiger partial charge in [-0.2, -0.15) is 0 Å². The van der Waals surface area contributed by atoms with Gasteiger partial charge >= 0.3 is 0 Å². The van der Waals surface area contributed by atoms with Gasteiger partial charge in [-0.3, -0.25) is 0 Å². The third kappa shape index (κ3) is 5.16. The molecule has 0 aromatic carbocycles. The summed E-state index contributed by atoms with van der Waals surface area (Å²) in [6, 6.07) is 3.41. The van der Waals surface area contributed by atoms with E-state index in [0.29, 0.717) is 12.1 Å². The van der Waals surface area contributed by atoms with Crippen LogP contribution in [0.3, 0.4) is 0 Å². The smallest absolute Gasteiger partial charge is 0.132 e. The molecule has 0 spiro atoms. The van der Waals surface area contributed by atoms with E-state index < -0.39 is 0 Å². The molecule has 140 valence electrons. The van der Waals surface area contributed by atoms with Gasteiger partial charge in [-0.05, 0) is 38.3 Å². The summed E-state index contributed by atoms with van der Waals surface area (Å²) < 4.78 is 0. The molecule has 2 atom stereocenters. The van der Waals surface area contributed by atoms with Crippen LogP contribution in [0.25, 0.3) is 0 Å². The van der Waals surface area contributed by atoms with Gasteiger partial charge in [0.15, 0.2) is 0 Å². The van der Waals surface area contributed by atoms with Crippen LogP contribution in [0.2, 0.25) is 0 Å². The van der Waals surface area contributed by atoms with Crippen molar-refractivity contribution in [3.63, 3.8) is 0 Å². The maximum atomic E-state index is 4.92. The molecule has 0 radical (unpaired) electrons. The molecule has 2 saturated heterocycles. The lowest BCUT2D eigenvalue weighted by molar-refractivity contribution is 0.263. The van der Waals surface area contributed by atoms with Crippen molar-refractivity contribution >= 4 is 5.82 Å². The molecule has 0 amide bonds. The molecule has 2 bridgehead atoms. The van der Waals surface area contributed by atoms with Gasteiger partial charge in [0.25, 0.3) is 0 Å². The number of likely N-dealkylation sites (N-methyl/N-ethyl adjacent to an activating group) is 1. The van der Waals surface area contributed by atoms with Gasteiger partial charge in [0.05, 0.1) is 0 Å². The second-order valence-corrected chi connectivity index (χ2v) is 8.54. The lowest BCUT2D eigenvalue weighted by Crippen LogP contribution is -2.52. The van der Waals surface area contributed by atoms with Crippen molar-refractivity contribution < 1.29 is 0 Å². The predicted octanol–water partition coefficient (Wildman–Crippen LogP) is 4.30. The molecule has 2 aliphatic rings. The number of rotatable bonds is 9. The Hall–Kier alpha value is -1.16. The quantitative estimate of drug-likeness (QED) is 0.625. The maximum Gasteiger partial charge on any atom is 0.132 e. The average Bonchev–Trinajstić information content (AvgIpc) is 2.85. The van der Waals surface area contributed by atoms with E-state index in [1.165, 1.54) is 70.3 Å². The number of aromatic nitrogens is 2. The third-order valence-corrected chi connectivity index (χ3v) is 5.80. The number of aryl methyl sites for hydroxylation is 1. The summed E-state index contributed by atoms with van der Waals surface area (Å²) in [6.07, 6.45) is 13.6. The lowest BCUT2D eigenvalue weighted by atomic mass is 10.0. The molecule has 4 nitrogen and oxygen atoms in total. The predicted molar refractivity (Wildman–Crippen MR) is 105 cm³/mol. The molecular formula is C21H36N4. The van der Waals surface area contributed by atoms with E-state index in [1.807, 2.05) is 6.20 Å². The highest BCUT2D eigenvalue weighted by atomic mass is 15.3. The van der Waals surface area contributed by atoms with Crippen molar-refractivity contribution in [2.24, 2.45) is 5.92 Å². The molecule has 4 heteroatoms. The number of anilines is 1. The van der Waals surface area contributed by atoms with Crippen molar-refractivity contribution in [2.45, 2.75) is 83.7 Å². The van der Waals surface area contributed by atoms with Gasteiger partial charge in [-0.1, -0.05) is 46.0 Å². The first-order chi connectivity index (χ1) is 12.1. The van der Waals surface area contributed by atoms with Gasteiger partial charge in [-0.25, -0.2) is 9.97 Å². The van der Waals surface area contributed by atoms with Gasteiger partial charge in [-0.15, -0.1) is 0 Å². The number of unbranched alkanes of at least 4 members (excludes halogenated alkanes) is 4. The highest BCUT2D eigenvalue weighted by molar-refractivity contribution is 5.43. The SMILES string of the molecule is CC(C)CCCCCCCc1nccc(N2C3CCC2CN(C)C3)n1. The summed E-state index contributed by atoms with van der Waals surface area (Å²) in [6.45, 7) is 6.98. The number of piperazine rings is 1. The highest BCUT2D eigenvalue weighted by Crippen LogP contribution is 2.33. The first-order valence-corrected chi connectivity index (χ1v) is 10.4. The van der Waals surface area contributed by atoms with E-state index >= 15 is 0 Å². The van der Waals surface area contributed by atoms with Gasteiger partial charge in [0, 0.05) is 37.8 Å². The van der Waals surface area contributed by atoms with Crippen molar-refractivity contribution in [3.8, 4) is 0 Å². The summed E-state index contributed by atoms with van der Waals surface area (Å²) in [5.41, 5.74) is 0. The molecule has 0 saturated carbocycles. The molecule has 3 heterocycles. The van der Waals surface area contributed by atoms with E-state index in [4.69, 9.17) is 4.98 Å². The molecule has 2 aliphatic heterocycles. The van der Waals surface area contributed by atoms with Crippen LogP contribution in [0.15, 0.2) is 12.3 Å². The molecule has 2 fully saturated rings. The monoisotopic (exact) mass is 344 g/mol. The molecule has 1 aromatic heterocycles. The number of likely N-dealkylation sites (tertiary alicyclic amines) is 1. The van der Waals surface area contributed by atoms with Crippen LogP contribution in [0, 0.1) is 5.92 Å². The zero-order valence-corrected chi connectivity index (χ0v) is 16.5. The summed E-state index contributed by atoms with van der Waals surface area (Å²) in [5, 5.41) is 0. The first kappa shape index (κ1) is 18.6. The molecule has 3 rings (SSSR count). The van der Waals surface area contributed by atoms with Crippen LogP contribution in [0.4, 0.5) is 5.82 Å². The number of hydrogen-bond donors (Lipinski definition) is 0. The van der Waals surface area contributed by atoms with Crippen LogP contribution in [-0.2, 0) is 6.42 Å². The molecular weight excluding hydrogens is 308 g/mol. The number of hydrogen-bond acceptors (Lipinski definition) is 4. The minimum absolute atomic E-state index is 0.646. The first-order valence-electron chi connectivity index (χ1n) is 10.4. The Balaban J connectivity index is 1.45. The molecule has 25 heavy (non-hydrogen) atoms. The molecule has 2 unspecified atom stereocenters. The Morgan fingerprint density at radius 2 is 1.72 bits per heavy atom. The van der Waals surface area contributed by atoms with Crippen LogP contribution in [-0.4, -0.2) is 47.1 Å². The van der Waals surface area contributed by atoms with Crippen LogP contribution < -0.4 is 4.90 Å². The largest absolute Gasteiger partial charge is 0.348 e. The minimum Gasteiger partial charge on any atom is -0.348 e. The van der Waals surface area contributed by atoms with Gasteiger partial charge in [0.2, 0.25) is 0 Å². The maximum absolute atomic E-state index is 4.92.